The SMILES string of the molecule is CCCCCCCCCCCCCCCCCC[N+](C)(C)C.[Mo]. The quantitative estimate of drug-likeness (QED) is 0.139. The summed E-state index contributed by atoms with van der Waals surface area (Å²) in [7, 11) is 6.89. The van der Waals surface area contributed by atoms with Gasteiger partial charge in [-0.2, -0.15) is 0 Å². The summed E-state index contributed by atoms with van der Waals surface area (Å²) in [6, 6.07) is 0. The van der Waals surface area contributed by atoms with Crippen LogP contribution in [0.3, 0.4) is 0 Å². The van der Waals surface area contributed by atoms with Gasteiger partial charge in [0.15, 0.2) is 0 Å². The Balaban J connectivity index is 0. The molecule has 0 bridgehead atoms. The molecule has 0 aliphatic rings. The van der Waals surface area contributed by atoms with E-state index < -0.39 is 0 Å². The fourth-order valence-corrected chi connectivity index (χ4v) is 3.13. The Kier molecular flexibility index (Phi) is 21.4. The fourth-order valence-electron chi connectivity index (χ4n) is 3.13. The van der Waals surface area contributed by atoms with Gasteiger partial charge in [0.25, 0.3) is 0 Å². The van der Waals surface area contributed by atoms with Gasteiger partial charge in [-0.25, -0.2) is 0 Å². The molecule has 23 heavy (non-hydrogen) atoms. The van der Waals surface area contributed by atoms with Gasteiger partial charge in [0.2, 0.25) is 0 Å². The van der Waals surface area contributed by atoms with Gasteiger partial charge in [-0.05, 0) is 12.8 Å². The van der Waals surface area contributed by atoms with Crippen LogP contribution in [0.4, 0.5) is 0 Å². The zero-order valence-corrected chi connectivity index (χ0v) is 18.9. The molecule has 0 N–H and O–H groups in total. The summed E-state index contributed by atoms with van der Waals surface area (Å²) in [5, 5.41) is 0. The smallest absolute Gasteiger partial charge is 0.0780 e. The average molecular weight is 409 g/mol. The molecular formula is C21H46MoN+. The molecule has 0 amide bonds. The minimum Gasteiger partial charge on any atom is -0.331 e. The zero-order valence-electron chi connectivity index (χ0n) is 16.9. The summed E-state index contributed by atoms with van der Waals surface area (Å²) in [4.78, 5) is 0. The third-order valence-electron chi connectivity index (χ3n) is 4.68. The number of hydrogen-bond acceptors (Lipinski definition) is 0. The molecule has 0 saturated heterocycles. The Morgan fingerprint density at radius 2 is 0.696 bits per heavy atom. The maximum atomic E-state index is 2.30. The van der Waals surface area contributed by atoms with Gasteiger partial charge in [0, 0.05) is 21.1 Å². The van der Waals surface area contributed by atoms with Crippen LogP contribution >= 0.6 is 0 Å². The van der Waals surface area contributed by atoms with E-state index in [9.17, 15) is 0 Å². The number of quaternary nitrogens is 1. The molecule has 0 aromatic heterocycles. The van der Waals surface area contributed by atoms with E-state index in [2.05, 4.69) is 28.1 Å². The molecule has 0 atom stereocenters. The van der Waals surface area contributed by atoms with E-state index in [0.29, 0.717) is 0 Å². The Morgan fingerprint density at radius 1 is 0.435 bits per heavy atom. The Labute approximate surface area is 162 Å². The summed E-state index contributed by atoms with van der Waals surface area (Å²) in [6.45, 7) is 3.63. The standard InChI is InChI=1S/C21H46N.Mo/c1-5-6-7-8-9-10-11-12-13-14-15-16-17-18-19-20-21-22(2,3)4;/h5-21H2,1-4H3;/q+1;. The number of unbranched alkanes of at least 4 members (excludes halogenated alkanes) is 15. The first-order chi connectivity index (χ1) is 10.6. The summed E-state index contributed by atoms with van der Waals surface area (Å²) < 4.78 is 1.12. The molecule has 2 heteroatoms. The topological polar surface area (TPSA) is 0 Å². The van der Waals surface area contributed by atoms with Gasteiger partial charge in [-0.15, -0.1) is 0 Å². The van der Waals surface area contributed by atoms with Crippen molar-refractivity contribution >= 4 is 0 Å². The number of rotatable bonds is 17. The average Bonchev–Trinajstić information content (AvgIpc) is 2.45. The molecule has 0 spiro atoms. The van der Waals surface area contributed by atoms with Crippen LogP contribution in [0, 0.1) is 0 Å². The van der Waals surface area contributed by atoms with E-state index >= 15 is 0 Å². The van der Waals surface area contributed by atoms with Crippen LogP contribution in [-0.4, -0.2) is 32.2 Å². The first kappa shape index (κ1) is 25.9. The predicted octanol–water partition coefficient (Wildman–Crippen LogP) is 6.95. The largest absolute Gasteiger partial charge is 0.331 e. The molecule has 0 saturated carbocycles. The zero-order chi connectivity index (χ0) is 16.5. The third-order valence-corrected chi connectivity index (χ3v) is 4.68. The van der Waals surface area contributed by atoms with E-state index in [4.69, 9.17) is 0 Å². The summed E-state index contributed by atoms with van der Waals surface area (Å²) in [6.07, 6.45) is 23.4. The maximum absolute atomic E-state index is 2.30. The van der Waals surface area contributed by atoms with Crippen molar-refractivity contribution in [2.45, 2.75) is 110 Å². The molecule has 140 valence electrons. The Morgan fingerprint density at radius 3 is 0.957 bits per heavy atom. The van der Waals surface area contributed by atoms with Crippen LogP contribution in [0.25, 0.3) is 0 Å². The first-order valence-electron chi connectivity index (χ1n) is 10.4. The summed E-state index contributed by atoms with van der Waals surface area (Å²) in [5.74, 6) is 0. The van der Waals surface area contributed by atoms with Crippen molar-refractivity contribution in [1.29, 1.82) is 0 Å². The minimum atomic E-state index is 0. The van der Waals surface area contributed by atoms with Gasteiger partial charge in [0.05, 0.1) is 27.7 Å². The molecule has 0 heterocycles. The first-order valence-corrected chi connectivity index (χ1v) is 10.4. The van der Waals surface area contributed by atoms with Crippen molar-refractivity contribution in [2.24, 2.45) is 0 Å². The van der Waals surface area contributed by atoms with Crippen LogP contribution < -0.4 is 0 Å². The number of nitrogens with zero attached hydrogens (tertiary/aromatic N) is 1. The van der Waals surface area contributed by atoms with E-state index in [-0.39, 0.29) is 21.1 Å². The third kappa shape index (κ3) is 25.0. The predicted molar refractivity (Wildman–Crippen MR) is 102 cm³/mol. The second kappa shape index (κ2) is 19.0. The van der Waals surface area contributed by atoms with Gasteiger partial charge in [0.1, 0.15) is 0 Å². The summed E-state index contributed by atoms with van der Waals surface area (Å²) >= 11 is 0. The molecule has 0 radical (unpaired) electrons. The fraction of sp³-hybridized carbons (Fsp3) is 1.00. The Hall–Kier alpha value is 0.648. The van der Waals surface area contributed by atoms with Crippen LogP contribution in [0.1, 0.15) is 110 Å². The van der Waals surface area contributed by atoms with Gasteiger partial charge >= 0.3 is 0 Å². The van der Waals surface area contributed by atoms with Crippen molar-refractivity contribution in [1.82, 2.24) is 0 Å². The molecule has 0 fully saturated rings. The minimum absolute atomic E-state index is 0. The molecule has 1 nitrogen and oxygen atoms in total. The van der Waals surface area contributed by atoms with Crippen molar-refractivity contribution < 1.29 is 25.5 Å². The monoisotopic (exact) mass is 410 g/mol. The molecule has 0 aliphatic carbocycles. The van der Waals surface area contributed by atoms with E-state index in [1.807, 2.05) is 0 Å². The summed E-state index contributed by atoms with van der Waals surface area (Å²) in [5.41, 5.74) is 0. The maximum Gasteiger partial charge on any atom is 0.0780 e. The second-order valence-electron chi connectivity index (χ2n) is 8.32. The van der Waals surface area contributed by atoms with Crippen LogP contribution in [0.2, 0.25) is 0 Å². The van der Waals surface area contributed by atoms with E-state index in [1.54, 1.807) is 0 Å². The van der Waals surface area contributed by atoms with Crippen molar-refractivity contribution in [3.05, 3.63) is 0 Å². The molecular weight excluding hydrogens is 362 g/mol. The molecule has 0 aliphatic heterocycles. The molecule has 0 aromatic carbocycles. The van der Waals surface area contributed by atoms with E-state index in [1.165, 1.54) is 109 Å². The van der Waals surface area contributed by atoms with Crippen molar-refractivity contribution in [3.63, 3.8) is 0 Å². The van der Waals surface area contributed by atoms with Crippen LogP contribution in [0.15, 0.2) is 0 Å². The van der Waals surface area contributed by atoms with Crippen molar-refractivity contribution in [3.8, 4) is 0 Å². The van der Waals surface area contributed by atoms with Crippen LogP contribution in [-0.2, 0) is 21.1 Å². The van der Waals surface area contributed by atoms with Gasteiger partial charge in [-0.1, -0.05) is 96.8 Å². The normalized spacial score (nSPS) is 11.5. The number of hydrogen-bond donors (Lipinski definition) is 0. The molecule has 0 rings (SSSR count). The van der Waals surface area contributed by atoms with E-state index in [0.717, 1.165) is 4.48 Å². The van der Waals surface area contributed by atoms with Gasteiger partial charge < -0.3 is 4.48 Å². The van der Waals surface area contributed by atoms with Gasteiger partial charge in [-0.3, -0.25) is 0 Å². The Bertz CT molecular complexity index is 210. The second-order valence-corrected chi connectivity index (χ2v) is 8.32. The van der Waals surface area contributed by atoms with Crippen LogP contribution in [0.5, 0.6) is 0 Å². The molecule has 0 aromatic rings. The molecule has 0 unspecified atom stereocenters. The van der Waals surface area contributed by atoms with Crippen molar-refractivity contribution in [2.75, 3.05) is 27.7 Å².